The number of rotatable bonds is 8. The van der Waals surface area contributed by atoms with E-state index in [9.17, 15) is 21.9 Å². The first-order valence-electron chi connectivity index (χ1n) is 14.4. The molecular weight excluding hydrogens is 599 g/mol. The van der Waals surface area contributed by atoms with E-state index < -0.39 is 42.1 Å². The molecule has 5 rings (SSSR count). The molecule has 3 unspecified atom stereocenters. The molecular formula is C34H39NO7S2. The Morgan fingerprint density at radius 2 is 1.59 bits per heavy atom. The number of nitrogens with zero attached hydrogens (tertiary/aromatic N) is 1. The highest BCUT2D eigenvalue weighted by atomic mass is 32.2. The molecule has 0 saturated carbocycles. The molecule has 0 radical (unpaired) electrons. The van der Waals surface area contributed by atoms with Crippen LogP contribution in [0.25, 0.3) is 22.0 Å². The second-order valence-corrected chi connectivity index (χ2v) is 17.4. The van der Waals surface area contributed by atoms with Crippen molar-refractivity contribution in [1.82, 2.24) is 4.98 Å². The van der Waals surface area contributed by atoms with Gasteiger partial charge in [-0.15, -0.1) is 0 Å². The molecule has 1 aliphatic rings. The quantitative estimate of drug-likeness (QED) is 0.259. The lowest BCUT2D eigenvalue weighted by atomic mass is 9.71. The second-order valence-electron chi connectivity index (χ2n) is 12.8. The predicted octanol–water partition coefficient (Wildman–Crippen LogP) is 5.77. The normalized spacial score (nSPS) is 21.4. The van der Waals surface area contributed by atoms with Gasteiger partial charge in [-0.3, -0.25) is 4.98 Å². The number of aliphatic hydroxyl groups is 1. The molecule has 1 saturated heterocycles. The third-order valence-electron chi connectivity index (χ3n) is 9.32. The van der Waals surface area contributed by atoms with Gasteiger partial charge in [0.25, 0.3) is 6.48 Å². The van der Waals surface area contributed by atoms with Crippen LogP contribution in [0, 0.1) is 0 Å². The first kappa shape index (κ1) is 32.2. The molecule has 1 aliphatic heterocycles. The highest BCUT2D eigenvalue weighted by Crippen LogP contribution is 2.49. The summed E-state index contributed by atoms with van der Waals surface area (Å²) in [5.41, 5.74) is 3.04. The van der Waals surface area contributed by atoms with E-state index in [1.54, 1.807) is 44.3 Å². The molecule has 0 spiro atoms. The van der Waals surface area contributed by atoms with Crippen molar-refractivity contribution in [3.05, 3.63) is 95.7 Å². The van der Waals surface area contributed by atoms with Crippen molar-refractivity contribution in [1.29, 1.82) is 0 Å². The van der Waals surface area contributed by atoms with E-state index >= 15 is 0 Å². The lowest BCUT2D eigenvalue weighted by Crippen LogP contribution is -2.50. The lowest BCUT2D eigenvalue weighted by Gasteiger charge is -2.41. The van der Waals surface area contributed by atoms with E-state index in [0.717, 1.165) is 33.2 Å². The van der Waals surface area contributed by atoms with Crippen LogP contribution in [0.5, 0.6) is 0 Å². The first-order chi connectivity index (χ1) is 20.3. The summed E-state index contributed by atoms with van der Waals surface area (Å²) in [5.74, 6) is -0.344. The summed E-state index contributed by atoms with van der Waals surface area (Å²) >= 11 is 0. The average Bonchev–Trinajstić information content (AvgIpc) is 3.16. The zero-order chi connectivity index (χ0) is 32.3. The van der Waals surface area contributed by atoms with Crippen LogP contribution in [0.2, 0.25) is 0 Å². The van der Waals surface area contributed by atoms with Crippen LogP contribution in [0.4, 0.5) is 0 Å². The van der Waals surface area contributed by atoms with Crippen LogP contribution < -0.4 is 0 Å². The van der Waals surface area contributed by atoms with Crippen molar-refractivity contribution in [3.63, 3.8) is 0 Å². The molecule has 44 heavy (non-hydrogen) atoms. The fraction of sp³-hybridized carbons (Fsp3) is 0.382. The maximum absolute atomic E-state index is 12.8. The minimum absolute atomic E-state index is 0.214. The Bertz CT molecular complexity index is 1930. The fourth-order valence-electron chi connectivity index (χ4n) is 5.90. The Balaban J connectivity index is 1.63. The van der Waals surface area contributed by atoms with Gasteiger partial charge in [-0.05, 0) is 93.6 Å². The number of benzene rings is 3. The Kier molecular flexibility index (Phi) is 8.08. The van der Waals surface area contributed by atoms with Crippen LogP contribution in [-0.4, -0.2) is 57.1 Å². The van der Waals surface area contributed by atoms with Crippen LogP contribution in [0.1, 0.15) is 57.2 Å². The minimum atomic E-state index is -3.43. The van der Waals surface area contributed by atoms with E-state index in [2.05, 4.69) is 11.1 Å². The van der Waals surface area contributed by atoms with Gasteiger partial charge in [0.2, 0.25) is 0 Å². The van der Waals surface area contributed by atoms with Gasteiger partial charge >= 0.3 is 0 Å². The van der Waals surface area contributed by atoms with Gasteiger partial charge in [-0.25, -0.2) is 16.8 Å². The topological polar surface area (TPSA) is 120 Å². The van der Waals surface area contributed by atoms with Gasteiger partial charge in [0.15, 0.2) is 19.7 Å². The molecule has 1 fully saturated rings. The highest BCUT2D eigenvalue weighted by Gasteiger charge is 2.56. The number of pyridine rings is 1. The van der Waals surface area contributed by atoms with Gasteiger partial charge in [0.1, 0.15) is 5.60 Å². The van der Waals surface area contributed by atoms with Crippen LogP contribution in [0.15, 0.2) is 83.9 Å². The fourth-order valence-corrected chi connectivity index (χ4v) is 7.08. The molecule has 2 heterocycles. The standard InChI is InChI=1S/C34H39NO7S2/c1-32(2,44(7,39)40)26-20-25-12-9-17-35-30(25)28(21-26)24-11-8-10-22(18-24)19-29(34(5)33(3,4)41-31(36)42-34)23-13-15-27(16-14-23)43(6,37)38/h8-18,20-21,29,31,36H,19H2,1-7H3. The summed E-state index contributed by atoms with van der Waals surface area (Å²) in [4.78, 5) is 4.86. The largest absolute Gasteiger partial charge is 0.346 e. The SMILES string of the molecule is CC1(C)OC(O)OC1(C)C(Cc1cccc(-c2cc(C(C)(C)S(C)(=O)=O)cc3cccnc23)c1)c1ccc(S(C)(=O)=O)cc1. The molecule has 1 aromatic heterocycles. The van der Waals surface area contributed by atoms with Gasteiger partial charge in [-0.1, -0.05) is 42.5 Å². The van der Waals surface area contributed by atoms with Crippen LogP contribution in [0.3, 0.4) is 0 Å². The molecule has 0 aliphatic carbocycles. The molecule has 234 valence electrons. The van der Waals surface area contributed by atoms with E-state index in [4.69, 9.17) is 9.47 Å². The maximum Gasteiger partial charge on any atom is 0.270 e. The van der Waals surface area contributed by atoms with Crippen molar-refractivity contribution in [3.8, 4) is 11.1 Å². The smallest absolute Gasteiger partial charge is 0.270 e. The summed E-state index contributed by atoms with van der Waals surface area (Å²) in [6.07, 6.45) is 4.61. The zero-order valence-electron chi connectivity index (χ0n) is 26.0. The van der Waals surface area contributed by atoms with Crippen molar-refractivity contribution < 1.29 is 31.4 Å². The third-order valence-corrected chi connectivity index (χ3v) is 12.5. The third kappa shape index (κ3) is 5.81. The number of aliphatic hydroxyl groups excluding tert-OH is 1. The second kappa shape index (κ2) is 11.0. The van der Waals surface area contributed by atoms with E-state index in [-0.39, 0.29) is 10.8 Å². The Hall–Kier alpha value is -3.15. The number of ether oxygens (including phenoxy) is 2. The molecule has 8 nitrogen and oxygen atoms in total. The van der Waals surface area contributed by atoms with Crippen molar-refractivity contribution >= 4 is 30.6 Å². The number of hydrogen-bond donors (Lipinski definition) is 1. The lowest BCUT2D eigenvalue weighted by molar-refractivity contribution is -0.226. The highest BCUT2D eigenvalue weighted by molar-refractivity contribution is 7.91. The predicted molar refractivity (Wildman–Crippen MR) is 172 cm³/mol. The number of fused-ring (bicyclic) bond motifs is 1. The van der Waals surface area contributed by atoms with Gasteiger partial charge in [0, 0.05) is 35.6 Å². The molecule has 1 N–H and O–H groups in total. The molecule has 3 atom stereocenters. The Morgan fingerprint density at radius 1 is 0.909 bits per heavy atom. The van der Waals surface area contributed by atoms with E-state index in [1.807, 2.05) is 63.2 Å². The van der Waals surface area contributed by atoms with Crippen molar-refractivity contribution in [2.75, 3.05) is 12.5 Å². The van der Waals surface area contributed by atoms with Crippen LogP contribution in [-0.2, 0) is 40.3 Å². The van der Waals surface area contributed by atoms with Crippen molar-refractivity contribution in [2.24, 2.45) is 0 Å². The Morgan fingerprint density at radius 3 is 2.18 bits per heavy atom. The van der Waals surface area contributed by atoms with Crippen LogP contribution >= 0.6 is 0 Å². The number of sulfone groups is 2. The monoisotopic (exact) mass is 637 g/mol. The summed E-state index contributed by atoms with van der Waals surface area (Å²) in [6, 6.07) is 22.3. The van der Waals surface area contributed by atoms with Gasteiger partial charge < -0.3 is 14.6 Å². The van der Waals surface area contributed by atoms with Gasteiger partial charge in [0.05, 0.1) is 20.8 Å². The molecule has 3 aromatic carbocycles. The maximum atomic E-state index is 12.8. The molecule has 0 bridgehead atoms. The van der Waals surface area contributed by atoms with Gasteiger partial charge in [-0.2, -0.15) is 0 Å². The Labute approximate surface area is 259 Å². The zero-order valence-corrected chi connectivity index (χ0v) is 27.7. The summed E-state index contributed by atoms with van der Waals surface area (Å²) < 4.78 is 60.6. The first-order valence-corrected chi connectivity index (χ1v) is 18.1. The number of hydrogen-bond acceptors (Lipinski definition) is 8. The van der Waals surface area contributed by atoms with Crippen molar-refractivity contribution in [2.45, 2.75) is 74.3 Å². The molecule has 4 aromatic rings. The van der Waals surface area contributed by atoms with E-state index in [1.165, 1.54) is 12.5 Å². The molecule has 10 heteroatoms. The average molecular weight is 638 g/mol. The number of aromatic nitrogens is 1. The summed E-state index contributed by atoms with van der Waals surface area (Å²) in [6.45, 7) is 7.64. The summed E-state index contributed by atoms with van der Waals surface area (Å²) in [7, 11) is -6.81. The molecule has 0 amide bonds. The minimum Gasteiger partial charge on any atom is -0.346 e. The summed E-state index contributed by atoms with van der Waals surface area (Å²) in [5, 5.41) is 11.2. The van der Waals surface area contributed by atoms with E-state index in [0.29, 0.717) is 12.0 Å².